The average Bonchev–Trinajstić information content (AvgIpc) is 2.50. The van der Waals surface area contributed by atoms with Crippen molar-refractivity contribution >= 4 is 15.7 Å². The average molecular weight is 259 g/mol. The standard InChI is InChI=1S/C12H21NO3S/c14-12(11-4-1-5-11)13-7-2-3-10-6-8-17(15,16)9-10/h10-11H,1-9H2,(H,13,14). The molecule has 0 bridgehead atoms. The number of nitrogens with one attached hydrogen (secondary N) is 1. The van der Waals surface area contributed by atoms with E-state index in [4.69, 9.17) is 0 Å². The summed E-state index contributed by atoms with van der Waals surface area (Å²) in [6.45, 7) is 0.700. The van der Waals surface area contributed by atoms with E-state index in [0.717, 1.165) is 32.1 Å². The van der Waals surface area contributed by atoms with Gasteiger partial charge >= 0.3 is 0 Å². The highest BCUT2D eigenvalue weighted by molar-refractivity contribution is 7.91. The normalized spacial score (nSPS) is 27.6. The molecule has 1 amide bonds. The van der Waals surface area contributed by atoms with Crippen molar-refractivity contribution in [3.8, 4) is 0 Å². The molecule has 1 atom stereocenters. The number of hydrogen-bond acceptors (Lipinski definition) is 3. The number of carbonyl (C=O) groups excluding carboxylic acids is 1. The first kappa shape index (κ1) is 12.9. The Morgan fingerprint density at radius 3 is 2.53 bits per heavy atom. The van der Waals surface area contributed by atoms with Crippen LogP contribution in [-0.2, 0) is 14.6 Å². The maximum absolute atomic E-state index is 11.5. The molecule has 2 fully saturated rings. The minimum Gasteiger partial charge on any atom is -0.356 e. The molecule has 0 aromatic rings. The van der Waals surface area contributed by atoms with Gasteiger partial charge in [-0.2, -0.15) is 0 Å². The summed E-state index contributed by atoms with van der Waals surface area (Å²) in [4.78, 5) is 11.5. The van der Waals surface area contributed by atoms with E-state index in [0.29, 0.717) is 24.0 Å². The van der Waals surface area contributed by atoms with Crippen molar-refractivity contribution in [1.29, 1.82) is 0 Å². The van der Waals surface area contributed by atoms with E-state index < -0.39 is 9.84 Å². The SMILES string of the molecule is O=C(NCCCC1CCS(=O)(=O)C1)C1CCC1. The maximum Gasteiger partial charge on any atom is 0.223 e. The summed E-state index contributed by atoms with van der Waals surface area (Å²) in [5.74, 6) is 1.47. The lowest BCUT2D eigenvalue weighted by Gasteiger charge is -2.24. The quantitative estimate of drug-likeness (QED) is 0.752. The third-order valence-corrected chi connectivity index (χ3v) is 5.73. The second-order valence-corrected chi connectivity index (χ2v) is 7.56. The highest BCUT2D eigenvalue weighted by Gasteiger charge is 2.27. The Bertz CT molecular complexity index is 373. The monoisotopic (exact) mass is 259 g/mol. The molecule has 98 valence electrons. The highest BCUT2D eigenvalue weighted by Crippen LogP contribution is 2.26. The molecule has 1 unspecified atom stereocenters. The van der Waals surface area contributed by atoms with Crippen LogP contribution in [0, 0.1) is 11.8 Å². The van der Waals surface area contributed by atoms with Crippen LogP contribution in [0.4, 0.5) is 0 Å². The van der Waals surface area contributed by atoms with E-state index in [9.17, 15) is 13.2 Å². The molecule has 0 aromatic heterocycles. The molecule has 2 aliphatic rings. The Morgan fingerprint density at radius 2 is 2.00 bits per heavy atom. The van der Waals surface area contributed by atoms with Gasteiger partial charge in [0, 0.05) is 12.5 Å². The van der Waals surface area contributed by atoms with Gasteiger partial charge in [0.05, 0.1) is 11.5 Å². The fourth-order valence-corrected chi connectivity index (χ4v) is 4.43. The van der Waals surface area contributed by atoms with Gasteiger partial charge in [0.2, 0.25) is 5.91 Å². The zero-order chi connectivity index (χ0) is 12.3. The lowest BCUT2D eigenvalue weighted by Crippen LogP contribution is -2.35. The first-order valence-electron chi connectivity index (χ1n) is 6.55. The van der Waals surface area contributed by atoms with Crippen LogP contribution in [0.5, 0.6) is 0 Å². The van der Waals surface area contributed by atoms with E-state index in [-0.39, 0.29) is 11.8 Å². The Balaban J connectivity index is 1.56. The van der Waals surface area contributed by atoms with E-state index in [1.54, 1.807) is 0 Å². The summed E-state index contributed by atoms with van der Waals surface area (Å²) in [5, 5.41) is 2.94. The third kappa shape index (κ3) is 3.69. The summed E-state index contributed by atoms with van der Waals surface area (Å²) >= 11 is 0. The topological polar surface area (TPSA) is 63.2 Å². The van der Waals surface area contributed by atoms with E-state index in [1.165, 1.54) is 6.42 Å². The predicted molar refractivity (Wildman–Crippen MR) is 66.3 cm³/mol. The zero-order valence-corrected chi connectivity index (χ0v) is 11.0. The van der Waals surface area contributed by atoms with Gasteiger partial charge in [-0.15, -0.1) is 0 Å². The van der Waals surface area contributed by atoms with Crippen LogP contribution >= 0.6 is 0 Å². The van der Waals surface area contributed by atoms with Gasteiger partial charge < -0.3 is 5.32 Å². The molecule has 0 spiro atoms. The Labute approximate surface area is 103 Å². The maximum atomic E-state index is 11.5. The highest BCUT2D eigenvalue weighted by atomic mass is 32.2. The number of amides is 1. The summed E-state index contributed by atoms with van der Waals surface area (Å²) in [6, 6.07) is 0. The van der Waals surface area contributed by atoms with Gasteiger partial charge in [0.1, 0.15) is 0 Å². The lowest BCUT2D eigenvalue weighted by atomic mass is 9.85. The van der Waals surface area contributed by atoms with Crippen LogP contribution in [-0.4, -0.2) is 32.4 Å². The van der Waals surface area contributed by atoms with Crippen molar-refractivity contribution in [2.24, 2.45) is 11.8 Å². The molecule has 1 aliphatic carbocycles. The van der Waals surface area contributed by atoms with Crippen LogP contribution in [0.1, 0.15) is 38.5 Å². The van der Waals surface area contributed by atoms with Crippen molar-refractivity contribution in [2.45, 2.75) is 38.5 Å². The zero-order valence-electron chi connectivity index (χ0n) is 10.2. The van der Waals surface area contributed by atoms with Crippen molar-refractivity contribution in [2.75, 3.05) is 18.1 Å². The number of hydrogen-bond donors (Lipinski definition) is 1. The summed E-state index contributed by atoms with van der Waals surface area (Å²) in [6.07, 6.45) is 5.87. The minimum atomic E-state index is -2.74. The Hall–Kier alpha value is -0.580. The molecule has 1 heterocycles. The van der Waals surface area contributed by atoms with Gasteiger partial charge in [-0.3, -0.25) is 4.79 Å². The second kappa shape index (κ2) is 5.38. The van der Waals surface area contributed by atoms with E-state index in [1.807, 2.05) is 0 Å². The lowest BCUT2D eigenvalue weighted by molar-refractivity contribution is -0.127. The van der Waals surface area contributed by atoms with Gasteiger partial charge in [0.25, 0.3) is 0 Å². The molecular weight excluding hydrogens is 238 g/mol. The molecule has 1 saturated carbocycles. The molecule has 2 rings (SSSR count). The molecule has 0 radical (unpaired) electrons. The van der Waals surface area contributed by atoms with Crippen LogP contribution in [0.25, 0.3) is 0 Å². The van der Waals surface area contributed by atoms with E-state index in [2.05, 4.69) is 5.32 Å². The number of sulfone groups is 1. The molecule has 1 N–H and O–H groups in total. The molecule has 4 nitrogen and oxygen atoms in total. The van der Waals surface area contributed by atoms with Crippen LogP contribution in [0.3, 0.4) is 0 Å². The van der Waals surface area contributed by atoms with Crippen LogP contribution in [0.15, 0.2) is 0 Å². The van der Waals surface area contributed by atoms with Gasteiger partial charge in [0.15, 0.2) is 9.84 Å². The molecule has 1 aliphatic heterocycles. The second-order valence-electron chi connectivity index (χ2n) is 5.33. The third-order valence-electron chi connectivity index (χ3n) is 3.89. The fourth-order valence-electron chi connectivity index (χ4n) is 2.52. The summed E-state index contributed by atoms with van der Waals surface area (Å²) < 4.78 is 22.5. The van der Waals surface area contributed by atoms with Gasteiger partial charge in [-0.25, -0.2) is 8.42 Å². The van der Waals surface area contributed by atoms with E-state index >= 15 is 0 Å². The van der Waals surface area contributed by atoms with Crippen LogP contribution in [0.2, 0.25) is 0 Å². The number of carbonyl (C=O) groups is 1. The van der Waals surface area contributed by atoms with Crippen LogP contribution < -0.4 is 5.32 Å². The smallest absolute Gasteiger partial charge is 0.223 e. The summed E-state index contributed by atoms with van der Waals surface area (Å²) in [5.41, 5.74) is 0. The number of rotatable bonds is 5. The Morgan fingerprint density at radius 1 is 1.24 bits per heavy atom. The largest absolute Gasteiger partial charge is 0.356 e. The molecule has 17 heavy (non-hydrogen) atoms. The van der Waals surface area contributed by atoms with Gasteiger partial charge in [-0.1, -0.05) is 6.42 Å². The molecule has 1 saturated heterocycles. The van der Waals surface area contributed by atoms with Crippen molar-refractivity contribution in [1.82, 2.24) is 5.32 Å². The minimum absolute atomic E-state index is 0.190. The van der Waals surface area contributed by atoms with Crippen molar-refractivity contribution < 1.29 is 13.2 Å². The van der Waals surface area contributed by atoms with Crippen molar-refractivity contribution in [3.05, 3.63) is 0 Å². The van der Waals surface area contributed by atoms with Crippen molar-refractivity contribution in [3.63, 3.8) is 0 Å². The first-order valence-corrected chi connectivity index (χ1v) is 8.37. The fraction of sp³-hybridized carbons (Fsp3) is 0.917. The molecule has 0 aromatic carbocycles. The first-order chi connectivity index (χ1) is 8.07. The molecular formula is C12H21NO3S. The Kier molecular flexibility index (Phi) is 4.07. The molecule has 5 heteroatoms. The predicted octanol–water partition coefficient (Wildman–Crippen LogP) is 1.12. The van der Waals surface area contributed by atoms with Gasteiger partial charge in [-0.05, 0) is 38.0 Å². The summed E-state index contributed by atoms with van der Waals surface area (Å²) in [7, 11) is -2.74.